The molecule has 1 heterocycles. The van der Waals surface area contributed by atoms with Crippen LogP contribution in [0.4, 0.5) is 0 Å². The summed E-state index contributed by atoms with van der Waals surface area (Å²) in [6, 6.07) is 7.15. The number of benzene rings is 1. The van der Waals surface area contributed by atoms with E-state index < -0.39 is 5.41 Å². The van der Waals surface area contributed by atoms with E-state index in [0.717, 1.165) is 12.2 Å². The zero-order valence-corrected chi connectivity index (χ0v) is 16.1. The number of hydrogen-bond acceptors (Lipinski definition) is 5. The lowest BCUT2D eigenvalue weighted by Crippen LogP contribution is -2.55. The standard InChI is InChI=1S/C19H27N3O5/c1-19(2,18(25)22-11-9-21(14-23)10-12-22)17(24)20-8-13-27-16-6-4-15(26-3)5-7-16/h4-7,14H,8-13H2,1-3H3,(H,20,24). The third-order valence-electron chi connectivity index (χ3n) is 4.57. The monoisotopic (exact) mass is 377 g/mol. The first kappa shape index (κ1) is 20.5. The van der Waals surface area contributed by atoms with Gasteiger partial charge in [-0.2, -0.15) is 0 Å². The number of piperazine rings is 1. The molecule has 0 aliphatic carbocycles. The maximum atomic E-state index is 12.7. The summed E-state index contributed by atoms with van der Waals surface area (Å²) < 4.78 is 10.6. The predicted octanol–water partition coefficient (Wildman–Crippen LogP) is 0.517. The molecule has 1 aliphatic rings. The van der Waals surface area contributed by atoms with Crippen LogP contribution in [0.2, 0.25) is 0 Å². The summed E-state index contributed by atoms with van der Waals surface area (Å²) in [7, 11) is 1.59. The summed E-state index contributed by atoms with van der Waals surface area (Å²) in [5, 5.41) is 2.75. The lowest BCUT2D eigenvalue weighted by Gasteiger charge is -2.36. The Morgan fingerprint density at radius 3 is 2.26 bits per heavy atom. The van der Waals surface area contributed by atoms with Gasteiger partial charge in [0.1, 0.15) is 23.5 Å². The van der Waals surface area contributed by atoms with Gasteiger partial charge in [-0.15, -0.1) is 0 Å². The molecule has 1 saturated heterocycles. The normalized spacial score (nSPS) is 14.5. The molecule has 27 heavy (non-hydrogen) atoms. The van der Waals surface area contributed by atoms with Crippen LogP contribution in [0.25, 0.3) is 0 Å². The number of carbonyl (C=O) groups is 3. The highest BCUT2D eigenvalue weighted by atomic mass is 16.5. The minimum Gasteiger partial charge on any atom is -0.497 e. The number of carbonyl (C=O) groups excluding carboxylic acids is 3. The summed E-state index contributed by atoms with van der Waals surface area (Å²) in [6.07, 6.45) is 0.780. The van der Waals surface area contributed by atoms with Gasteiger partial charge in [-0.3, -0.25) is 14.4 Å². The Morgan fingerprint density at radius 2 is 1.70 bits per heavy atom. The highest BCUT2D eigenvalue weighted by Crippen LogP contribution is 2.20. The van der Waals surface area contributed by atoms with Gasteiger partial charge in [0.05, 0.1) is 13.7 Å². The molecular formula is C19H27N3O5. The fourth-order valence-corrected chi connectivity index (χ4v) is 2.75. The van der Waals surface area contributed by atoms with E-state index >= 15 is 0 Å². The fraction of sp³-hybridized carbons (Fsp3) is 0.526. The van der Waals surface area contributed by atoms with Gasteiger partial charge in [0.25, 0.3) is 0 Å². The number of hydrogen-bond donors (Lipinski definition) is 1. The Hall–Kier alpha value is -2.77. The van der Waals surface area contributed by atoms with Crippen molar-refractivity contribution in [1.29, 1.82) is 0 Å². The Labute approximate surface area is 159 Å². The van der Waals surface area contributed by atoms with Crippen molar-refractivity contribution in [2.75, 3.05) is 46.4 Å². The van der Waals surface area contributed by atoms with E-state index in [1.54, 1.807) is 55.0 Å². The number of ether oxygens (including phenoxy) is 2. The molecule has 3 amide bonds. The lowest BCUT2D eigenvalue weighted by atomic mass is 9.90. The molecule has 1 aromatic rings. The van der Waals surface area contributed by atoms with Crippen LogP contribution >= 0.6 is 0 Å². The smallest absolute Gasteiger partial charge is 0.237 e. The molecule has 0 saturated carbocycles. The maximum Gasteiger partial charge on any atom is 0.237 e. The largest absolute Gasteiger partial charge is 0.497 e. The molecule has 0 aromatic heterocycles. The first-order chi connectivity index (χ1) is 12.9. The summed E-state index contributed by atoms with van der Waals surface area (Å²) in [5.74, 6) is 0.837. The molecule has 8 nitrogen and oxygen atoms in total. The maximum absolute atomic E-state index is 12.7. The van der Waals surface area contributed by atoms with Crippen molar-refractivity contribution >= 4 is 18.2 Å². The number of methoxy groups -OCH3 is 1. The Balaban J connectivity index is 1.77. The van der Waals surface area contributed by atoms with Crippen molar-refractivity contribution < 1.29 is 23.9 Å². The van der Waals surface area contributed by atoms with Gasteiger partial charge in [-0.05, 0) is 38.1 Å². The highest BCUT2D eigenvalue weighted by molar-refractivity contribution is 6.04. The molecule has 8 heteroatoms. The number of nitrogens with zero attached hydrogens (tertiary/aromatic N) is 2. The van der Waals surface area contributed by atoms with Crippen LogP contribution in [0, 0.1) is 5.41 Å². The van der Waals surface area contributed by atoms with Crippen LogP contribution in [0.15, 0.2) is 24.3 Å². The first-order valence-electron chi connectivity index (χ1n) is 8.92. The van der Waals surface area contributed by atoms with E-state index in [1.807, 2.05) is 0 Å². The van der Waals surface area contributed by atoms with Crippen molar-refractivity contribution in [1.82, 2.24) is 15.1 Å². The molecule has 0 spiro atoms. The average Bonchev–Trinajstić information content (AvgIpc) is 2.70. The van der Waals surface area contributed by atoms with Crippen LogP contribution in [-0.2, 0) is 14.4 Å². The zero-order chi connectivity index (χ0) is 19.9. The summed E-state index contributed by atoms with van der Waals surface area (Å²) in [6.45, 7) is 5.66. The van der Waals surface area contributed by atoms with Gasteiger partial charge in [0.2, 0.25) is 18.2 Å². The second-order valence-electron chi connectivity index (χ2n) is 6.84. The zero-order valence-electron chi connectivity index (χ0n) is 16.1. The van der Waals surface area contributed by atoms with Crippen molar-refractivity contribution in [3.05, 3.63) is 24.3 Å². The molecular weight excluding hydrogens is 350 g/mol. The van der Waals surface area contributed by atoms with Crippen LogP contribution < -0.4 is 14.8 Å². The highest BCUT2D eigenvalue weighted by Gasteiger charge is 2.39. The molecule has 1 aliphatic heterocycles. The van der Waals surface area contributed by atoms with Gasteiger partial charge in [-0.25, -0.2) is 0 Å². The second kappa shape index (κ2) is 9.25. The molecule has 0 unspecified atom stereocenters. The third-order valence-corrected chi connectivity index (χ3v) is 4.57. The van der Waals surface area contributed by atoms with E-state index in [4.69, 9.17) is 9.47 Å². The van der Waals surface area contributed by atoms with Crippen LogP contribution in [0.5, 0.6) is 11.5 Å². The molecule has 1 fully saturated rings. The summed E-state index contributed by atoms with van der Waals surface area (Å²) >= 11 is 0. The van der Waals surface area contributed by atoms with Gasteiger partial charge in [0.15, 0.2) is 0 Å². The van der Waals surface area contributed by atoms with E-state index in [2.05, 4.69) is 5.32 Å². The summed E-state index contributed by atoms with van der Waals surface area (Å²) in [5.41, 5.74) is -1.18. The Bertz CT molecular complexity index is 652. The SMILES string of the molecule is COc1ccc(OCCNC(=O)C(C)(C)C(=O)N2CCN(C=O)CC2)cc1. The van der Waals surface area contributed by atoms with Crippen molar-refractivity contribution in [3.63, 3.8) is 0 Å². The van der Waals surface area contributed by atoms with E-state index in [0.29, 0.717) is 45.1 Å². The summed E-state index contributed by atoms with van der Waals surface area (Å²) in [4.78, 5) is 39.2. The number of nitrogens with one attached hydrogen (secondary N) is 1. The molecule has 0 atom stereocenters. The van der Waals surface area contributed by atoms with Gasteiger partial charge in [-0.1, -0.05) is 0 Å². The van der Waals surface area contributed by atoms with Crippen molar-refractivity contribution in [3.8, 4) is 11.5 Å². The molecule has 148 valence electrons. The van der Waals surface area contributed by atoms with Gasteiger partial charge >= 0.3 is 0 Å². The number of rotatable bonds is 8. The van der Waals surface area contributed by atoms with E-state index in [1.165, 1.54) is 0 Å². The molecule has 1 aromatic carbocycles. The first-order valence-corrected chi connectivity index (χ1v) is 8.92. The van der Waals surface area contributed by atoms with Crippen LogP contribution in [-0.4, -0.2) is 74.5 Å². The van der Waals surface area contributed by atoms with Crippen molar-refractivity contribution in [2.45, 2.75) is 13.8 Å². The molecule has 0 radical (unpaired) electrons. The minimum absolute atomic E-state index is 0.235. The van der Waals surface area contributed by atoms with Crippen molar-refractivity contribution in [2.24, 2.45) is 5.41 Å². The Morgan fingerprint density at radius 1 is 1.11 bits per heavy atom. The van der Waals surface area contributed by atoms with Crippen LogP contribution in [0.1, 0.15) is 13.8 Å². The van der Waals surface area contributed by atoms with E-state index in [-0.39, 0.29) is 11.8 Å². The fourth-order valence-electron chi connectivity index (χ4n) is 2.75. The van der Waals surface area contributed by atoms with Gasteiger partial charge in [0, 0.05) is 26.2 Å². The average molecular weight is 377 g/mol. The predicted molar refractivity (Wildman–Crippen MR) is 99.5 cm³/mol. The Kier molecular flexibility index (Phi) is 7.04. The number of amides is 3. The van der Waals surface area contributed by atoms with Gasteiger partial charge < -0.3 is 24.6 Å². The topological polar surface area (TPSA) is 88.2 Å². The molecule has 1 N–H and O–H groups in total. The van der Waals surface area contributed by atoms with Crippen LogP contribution in [0.3, 0.4) is 0 Å². The molecule has 0 bridgehead atoms. The lowest BCUT2D eigenvalue weighted by molar-refractivity contribution is -0.150. The molecule has 2 rings (SSSR count). The third kappa shape index (κ3) is 5.35. The second-order valence-corrected chi connectivity index (χ2v) is 6.84. The van der Waals surface area contributed by atoms with E-state index in [9.17, 15) is 14.4 Å². The quantitative estimate of drug-likeness (QED) is 0.405. The minimum atomic E-state index is -1.18.